The van der Waals surface area contributed by atoms with Crippen molar-refractivity contribution in [3.63, 3.8) is 0 Å². The van der Waals surface area contributed by atoms with Gasteiger partial charge in [-0.3, -0.25) is 4.79 Å². The molecule has 0 aliphatic heterocycles. The highest BCUT2D eigenvalue weighted by molar-refractivity contribution is 7.10. The van der Waals surface area contributed by atoms with Gasteiger partial charge in [-0.25, -0.2) is 0 Å². The predicted octanol–water partition coefficient (Wildman–Crippen LogP) is 1.75. The summed E-state index contributed by atoms with van der Waals surface area (Å²) in [4.78, 5) is 11.6. The van der Waals surface area contributed by atoms with E-state index in [-0.39, 0.29) is 11.4 Å². The second kappa shape index (κ2) is 5.35. The van der Waals surface area contributed by atoms with Gasteiger partial charge in [0.1, 0.15) is 10.8 Å². The lowest BCUT2D eigenvalue weighted by molar-refractivity contribution is -0.122. The fourth-order valence-electron chi connectivity index (χ4n) is 1.28. The van der Waals surface area contributed by atoms with Crippen molar-refractivity contribution in [3.05, 3.63) is 5.56 Å². The van der Waals surface area contributed by atoms with Gasteiger partial charge < -0.3 is 16.4 Å². The van der Waals surface area contributed by atoms with Crippen LogP contribution in [0.5, 0.6) is 0 Å². The molecule has 0 saturated heterocycles. The van der Waals surface area contributed by atoms with Crippen molar-refractivity contribution in [3.8, 4) is 0 Å². The monoisotopic (exact) mass is 256 g/mol. The zero-order valence-corrected chi connectivity index (χ0v) is 11.6. The fraction of sp³-hybridized carbons (Fsp3) is 0.636. The van der Waals surface area contributed by atoms with Crippen molar-refractivity contribution in [2.24, 2.45) is 0 Å². The number of carbonyl (C=O) groups excluding carboxylic acids is 1. The third kappa shape index (κ3) is 4.60. The summed E-state index contributed by atoms with van der Waals surface area (Å²) in [7, 11) is 0. The van der Waals surface area contributed by atoms with E-state index in [4.69, 9.17) is 5.73 Å². The van der Waals surface area contributed by atoms with Crippen LogP contribution in [-0.2, 0) is 4.79 Å². The Kier molecular flexibility index (Phi) is 4.34. The number of hydrogen-bond acceptors (Lipinski definition) is 5. The van der Waals surface area contributed by atoms with E-state index in [1.54, 1.807) is 0 Å². The van der Waals surface area contributed by atoms with E-state index in [0.717, 1.165) is 10.6 Å². The maximum Gasteiger partial charge on any atom is 0.222 e. The molecule has 1 aromatic rings. The molecule has 6 heteroatoms. The van der Waals surface area contributed by atoms with Crippen LogP contribution in [-0.4, -0.2) is 22.4 Å². The zero-order valence-electron chi connectivity index (χ0n) is 10.8. The first-order valence-electron chi connectivity index (χ1n) is 5.56. The Morgan fingerprint density at radius 2 is 2.12 bits per heavy atom. The van der Waals surface area contributed by atoms with Gasteiger partial charge in [0, 0.05) is 24.1 Å². The molecule has 1 amide bonds. The number of aromatic nitrogens is 1. The summed E-state index contributed by atoms with van der Waals surface area (Å²) in [6, 6.07) is 0. The molecule has 0 spiro atoms. The molecule has 0 aromatic carbocycles. The summed E-state index contributed by atoms with van der Waals surface area (Å²) in [5, 5.41) is 7.01. The van der Waals surface area contributed by atoms with Crippen molar-refractivity contribution in [2.45, 2.75) is 39.7 Å². The summed E-state index contributed by atoms with van der Waals surface area (Å²) in [5.74, 6) is 0.594. The Bertz CT molecular complexity index is 395. The number of nitrogens with zero attached hydrogens (tertiary/aromatic N) is 1. The van der Waals surface area contributed by atoms with E-state index in [2.05, 4.69) is 15.0 Å². The highest BCUT2D eigenvalue weighted by Gasteiger charge is 2.13. The molecule has 0 bridgehead atoms. The number of carbonyl (C=O) groups is 1. The Hall–Kier alpha value is -1.30. The van der Waals surface area contributed by atoms with Crippen molar-refractivity contribution in [2.75, 3.05) is 17.6 Å². The smallest absolute Gasteiger partial charge is 0.222 e. The first-order valence-corrected chi connectivity index (χ1v) is 6.33. The van der Waals surface area contributed by atoms with Crippen LogP contribution in [0.3, 0.4) is 0 Å². The van der Waals surface area contributed by atoms with Gasteiger partial charge in [-0.1, -0.05) is 0 Å². The van der Waals surface area contributed by atoms with Crippen LogP contribution >= 0.6 is 11.5 Å². The second-order valence-corrected chi connectivity index (χ2v) is 5.77. The van der Waals surface area contributed by atoms with Crippen molar-refractivity contribution in [1.29, 1.82) is 0 Å². The molecule has 0 aliphatic rings. The quantitative estimate of drug-likeness (QED) is 0.766. The molecule has 96 valence electrons. The molecule has 17 heavy (non-hydrogen) atoms. The van der Waals surface area contributed by atoms with Gasteiger partial charge in [0.25, 0.3) is 0 Å². The molecule has 4 N–H and O–H groups in total. The number of nitrogens with two attached hydrogens (primary N) is 1. The van der Waals surface area contributed by atoms with E-state index in [9.17, 15) is 4.79 Å². The minimum absolute atomic E-state index is 0.0418. The third-order valence-electron chi connectivity index (χ3n) is 2.11. The number of hydrogen-bond donors (Lipinski definition) is 3. The summed E-state index contributed by atoms with van der Waals surface area (Å²) in [5.41, 5.74) is 6.41. The van der Waals surface area contributed by atoms with Crippen LogP contribution in [0.2, 0.25) is 0 Å². The standard InChI is InChI=1S/C11H20N4OS/c1-7-9(12)15-17-10(7)13-6-5-8(16)14-11(2,3)4/h13H,5-6H2,1-4H3,(H2,12,15)(H,14,16). The summed E-state index contributed by atoms with van der Waals surface area (Å²) < 4.78 is 4.03. The Morgan fingerprint density at radius 1 is 1.47 bits per heavy atom. The Labute approximate surface area is 106 Å². The molecule has 1 aromatic heterocycles. The first kappa shape index (κ1) is 13.8. The van der Waals surface area contributed by atoms with Gasteiger partial charge >= 0.3 is 0 Å². The summed E-state index contributed by atoms with van der Waals surface area (Å²) in [6.45, 7) is 8.39. The SMILES string of the molecule is Cc1c(N)nsc1NCCC(=O)NC(C)(C)C. The molecule has 0 atom stereocenters. The van der Waals surface area contributed by atoms with Crippen LogP contribution in [0.25, 0.3) is 0 Å². The van der Waals surface area contributed by atoms with E-state index in [1.165, 1.54) is 11.5 Å². The lowest BCUT2D eigenvalue weighted by Gasteiger charge is -2.20. The van der Waals surface area contributed by atoms with Gasteiger partial charge in [0.2, 0.25) is 5.91 Å². The van der Waals surface area contributed by atoms with Crippen molar-refractivity contribution >= 4 is 28.3 Å². The van der Waals surface area contributed by atoms with Gasteiger partial charge in [0.15, 0.2) is 0 Å². The zero-order chi connectivity index (χ0) is 13.1. The van der Waals surface area contributed by atoms with E-state index in [0.29, 0.717) is 18.8 Å². The van der Waals surface area contributed by atoms with Gasteiger partial charge in [-0.05, 0) is 39.2 Å². The van der Waals surface area contributed by atoms with Crippen LogP contribution < -0.4 is 16.4 Å². The van der Waals surface area contributed by atoms with E-state index in [1.807, 2.05) is 27.7 Å². The lowest BCUT2D eigenvalue weighted by atomic mass is 10.1. The minimum Gasteiger partial charge on any atom is -0.383 e. The molecule has 0 saturated carbocycles. The number of rotatable bonds is 4. The summed E-state index contributed by atoms with van der Waals surface area (Å²) in [6.07, 6.45) is 0.439. The highest BCUT2D eigenvalue weighted by Crippen LogP contribution is 2.24. The molecule has 5 nitrogen and oxygen atoms in total. The maximum absolute atomic E-state index is 11.6. The third-order valence-corrected chi connectivity index (χ3v) is 3.03. The maximum atomic E-state index is 11.6. The van der Waals surface area contributed by atoms with Gasteiger partial charge in [-0.2, -0.15) is 4.37 Å². The molecule has 1 heterocycles. The Morgan fingerprint density at radius 3 is 2.59 bits per heavy atom. The van der Waals surface area contributed by atoms with Gasteiger partial charge in [0.05, 0.1) is 0 Å². The average molecular weight is 256 g/mol. The topological polar surface area (TPSA) is 80.0 Å². The first-order chi connectivity index (χ1) is 7.79. The summed E-state index contributed by atoms with van der Waals surface area (Å²) >= 11 is 1.32. The normalized spacial score (nSPS) is 11.3. The molecular formula is C11H20N4OS. The van der Waals surface area contributed by atoms with Crippen LogP contribution in [0.1, 0.15) is 32.8 Å². The molecule has 0 fully saturated rings. The van der Waals surface area contributed by atoms with Crippen molar-refractivity contribution < 1.29 is 4.79 Å². The van der Waals surface area contributed by atoms with E-state index < -0.39 is 0 Å². The number of amides is 1. The highest BCUT2D eigenvalue weighted by atomic mass is 32.1. The second-order valence-electron chi connectivity index (χ2n) is 5.00. The van der Waals surface area contributed by atoms with E-state index >= 15 is 0 Å². The van der Waals surface area contributed by atoms with Crippen molar-refractivity contribution in [1.82, 2.24) is 9.69 Å². The largest absolute Gasteiger partial charge is 0.383 e. The fourth-order valence-corrected chi connectivity index (χ4v) is 2.02. The van der Waals surface area contributed by atoms with Crippen LogP contribution in [0.4, 0.5) is 10.8 Å². The lowest BCUT2D eigenvalue weighted by Crippen LogP contribution is -2.41. The van der Waals surface area contributed by atoms with Gasteiger partial charge in [-0.15, -0.1) is 0 Å². The molecular weight excluding hydrogens is 236 g/mol. The number of nitrogen functional groups attached to an aromatic ring is 1. The van der Waals surface area contributed by atoms with Crippen LogP contribution in [0.15, 0.2) is 0 Å². The van der Waals surface area contributed by atoms with Crippen LogP contribution in [0, 0.1) is 6.92 Å². The number of nitrogens with one attached hydrogen (secondary N) is 2. The molecule has 1 rings (SSSR count). The molecule has 0 unspecified atom stereocenters. The Balaban J connectivity index is 2.34. The average Bonchev–Trinajstić information content (AvgIpc) is 2.46. The number of anilines is 2. The molecule has 0 aliphatic carbocycles. The predicted molar refractivity (Wildman–Crippen MR) is 72.3 cm³/mol. The molecule has 0 radical (unpaired) electrons. The minimum atomic E-state index is -0.179.